The largest absolute Gasteiger partial charge is 0.546 e. The minimum atomic E-state index is 0.230. The van der Waals surface area contributed by atoms with Crippen molar-refractivity contribution >= 4 is 20.1 Å². The van der Waals surface area contributed by atoms with Gasteiger partial charge in [-0.1, -0.05) is 167 Å². The number of ketones is 1. The van der Waals surface area contributed by atoms with E-state index < -0.39 is 0 Å². The van der Waals surface area contributed by atoms with Crippen LogP contribution in [0.25, 0.3) is 0 Å². The number of unbranched alkanes of at least 4 members (excludes halogenated alkanes) is 26. The highest BCUT2D eigenvalue weighted by Crippen LogP contribution is 2.19. The van der Waals surface area contributed by atoms with E-state index in [9.17, 15) is 9.59 Å². The smallest absolute Gasteiger partial charge is 0.132 e. The molecular weight excluding hydrogens is 561 g/mol. The van der Waals surface area contributed by atoms with Gasteiger partial charge in [-0.15, -0.1) is 0 Å². The molecule has 0 spiro atoms. The molecule has 0 aromatic carbocycles. The lowest BCUT2D eigenvalue weighted by Crippen LogP contribution is -2.37. The third kappa shape index (κ3) is 37.9. The van der Waals surface area contributed by atoms with E-state index in [4.69, 9.17) is 4.52 Å². The van der Waals surface area contributed by atoms with Gasteiger partial charge in [0.2, 0.25) is 0 Å². The molecule has 0 aliphatic heterocycles. The van der Waals surface area contributed by atoms with Gasteiger partial charge < -0.3 is 22.6 Å². The molecule has 44 heavy (non-hydrogen) atoms. The molecule has 0 bridgehead atoms. The van der Waals surface area contributed by atoms with E-state index in [1.165, 1.54) is 161 Å². The maximum absolute atomic E-state index is 12.2. The van der Waals surface area contributed by atoms with Gasteiger partial charge in [-0.3, -0.25) is 4.79 Å². The van der Waals surface area contributed by atoms with Crippen molar-refractivity contribution in [2.24, 2.45) is 0 Å². The summed E-state index contributed by atoms with van der Waals surface area (Å²) in [6.07, 6.45) is 39.5. The van der Waals surface area contributed by atoms with E-state index in [1.807, 2.05) is 0 Å². The summed E-state index contributed by atoms with van der Waals surface area (Å²) < 4.78 is 6.36. The van der Waals surface area contributed by atoms with Crippen LogP contribution in [0.15, 0.2) is 0 Å². The summed E-state index contributed by atoms with van der Waals surface area (Å²) in [7, 11) is 6.95. The second-order valence-corrected chi connectivity index (χ2v) is 15.6. The number of hydrogen-bond donors (Lipinski definition) is 0. The lowest BCUT2D eigenvalue weighted by Gasteiger charge is -2.26. The minimum Gasteiger partial charge on any atom is -0.546 e. The first kappa shape index (κ1) is 43.7. The maximum Gasteiger partial charge on any atom is 0.132 e. The molecule has 0 amide bonds. The minimum absolute atomic E-state index is 0.230. The molecule has 0 rings (SSSR count). The number of quaternary nitrogens is 1. The first-order valence-corrected chi connectivity index (χ1v) is 20.3. The van der Waals surface area contributed by atoms with Crippen LogP contribution in [-0.2, 0) is 14.1 Å². The van der Waals surface area contributed by atoms with Crippen LogP contribution in [0.3, 0.4) is 0 Å². The van der Waals surface area contributed by atoms with Gasteiger partial charge in [0, 0.05) is 18.4 Å². The predicted molar refractivity (Wildman–Crippen MR) is 195 cm³/mol. The number of carbonyl (C=O) groups excluding carboxylic acids is 2. The fourth-order valence-corrected chi connectivity index (χ4v) is 6.41. The molecule has 262 valence electrons. The van der Waals surface area contributed by atoms with E-state index in [-0.39, 0.29) is 5.52 Å². The van der Waals surface area contributed by atoms with Crippen LogP contribution in [-0.4, -0.2) is 50.1 Å². The van der Waals surface area contributed by atoms with Crippen LogP contribution in [0.5, 0.6) is 0 Å². The molecule has 0 saturated heterocycles. The Labute approximate surface area is 278 Å². The zero-order valence-electron chi connectivity index (χ0n) is 30.5. The molecule has 0 aliphatic rings. The van der Waals surface area contributed by atoms with Gasteiger partial charge in [0.05, 0.1) is 34.3 Å². The van der Waals surface area contributed by atoms with Crippen molar-refractivity contribution in [3.63, 3.8) is 0 Å². The Kier molecular flexibility index (Phi) is 33.8. The third-order valence-electron chi connectivity index (χ3n) is 8.93. The molecule has 0 atom stereocenters. The molecule has 0 aliphatic carbocycles. The summed E-state index contributed by atoms with van der Waals surface area (Å²) in [5.41, 5.74) is 0.230. The highest BCUT2D eigenvalue weighted by Gasteiger charge is 2.04. The van der Waals surface area contributed by atoms with E-state index in [2.05, 4.69) is 28.1 Å². The van der Waals surface area contributed by atoms with Gasteiger partial charge in [-0.05, 0) is 25.7 Å². The topological polar surface area (TPSA) is 43.4 Å². The number of Topliss-reactive ketones (excluding diaryl/α,β-unsaturated/α-hetero) is 1. The monoisotopic (exact) mass is 640 g/mol. The van der Waals surface area contributed by atoms with Crippen LogP contribution >= 0.6 is 8.81 Å². The predicted octanol–water partition coefficient (Wildman–Crippen LogP) is 12.8. The average Bonchev–Trinajstić information content (AvgIpc) is 2.98. The molecule has 0 aromatic rings. The van der Waals surface area contributed by atoms with Crippen molar-refractivity contribution in [2.75, 3.05) is 34.3 Å². The number of nitrogens with zero attached hydrogens (tertiary/aromatic N) is 1. The number of carbonyl (C=O) groups is 2. The first-order valence-electron chi connectivity index (χ1n) is 19.5. The highest BCUT2D eigenvalue weighted by molar-refractivity contribution is 7.53. The summed E-state index contributed by atoms with van der Waals surface area (Å²) in [5, 5.41) is 0. The molecule has 5 heteroatoms. The van der Waals surface area contributed by atoms with Crippen molar-refractivity contribution in [3.05, 3.63) is 0 Å². The van der Waals surface area contributed by atoms with Crippen LogP contribution in [0.2, 0.25) is 0 Å². The molecule has 4 nitrogen and oxygen atoms in total. The summed E-state index contributed by atoms with van der Waals surface area (Å²) in [6.45, 7) is 3.87. The molecular formula is C39H78NO3P. The summed E-state index contributed by atoms with van der Waals surface area (Å²) in [6, 6.07) is 0. The average molecular weight is 640 g/mol. The fraction of sp³-hybridized carbons (Fsp3) is 0.949. The quantitative estimate of drug-likeness (QED) is 0.0386. The number of hydrogen-bond acceptors (Lipinski definition) is 3. The summed E-state index contributed by atoms with van der Waals surface area (Å²) in [4.78, 5) is 24.1. The second kappa shape index (κ2) is 34.0. The maximum atomic E-state index is 12.2. The molecule has 0 fully saturated rings. The molecule has 0 heterocycles. The Morgan fingerprint density at radius 2 is 0.750 bits per heavy atom. The van der Waals surface area contributed by atoms with Gasteiger partial charge in [0.15, 0.2) is 0 Å². The Morgan fingerprint density at radius 1 is 0.455 bits per heavy atom. The van der Waals surface area contributed by atoms with Gasteiger partial charge in [0.25, 0.3) is 0 Å². The van der Waals surface area contributed by atoms with Crippen LogP contribution in [0, 0.1) is 0 Å². The molecule has 0 saturated carbocycles. The third-order valence-corrected chi connectivity index (χ3v) is 9.66. The second-order valence-electron chi connectivity index (χ2n) is 14.7. The standard InChI is InChI=1S/C39H78NO3P/c1-5-6-7-8-9-10-11-12-13-15-18-21-24-27-30-33-38(41)34-31-28-25-22-19-16-14-17-20-23-26-29-32-35-39(42)44-43-37-36-40(2,3)4/h5-37H2,1-4H3. The van der Waals surface area contributed by atoms with Crippen LogP contribution in [0.4, 0.5) is 0 Å². The number of rotatable bonds is 37. The Morgan fingerprint density at radius 3 is 1.07 bits per heavy atom. The fourth-order valence-electron chi connectivity index (χ4n) is 5.84. The van der Waals surface area contributed by atoms with Gasteiger partial charge >= 0.3 is 0 Å². The SMILES string of the molecule is CCCCCCCCCCCCCCCCCC(=O)CCCCCCCCCCCCCCCC(=O)[P-]OCC[N+](C)(C)C. The van der Waals surface area contributed by atoms with E-state index in [0.717, 1.165) is 43.1 Å². The van der Waals surface area contributed by atoms with Crippen LogP contribution in [0.1, 0.15) is 206 Å². The Bertz CT molecular complexity index is 619. The Hall–Kier alpha value is -0.310. The summed E-state index contributed by atoms with van der Waals surface area (Å²) >= 11 is 0. The normalized spacial score (nSPS) is 12.1. The van der Waals surface area contributed by atoms with Gasteiger partial charge in [0.1, 0.15) is 5.78 Å². The molecule has 0 N–H and O–H groups in total. The van der Waals surface area contributed by atoms with E-state index in [0.29, 0.717) is 27.6 Å². The molecule has 0 aromatic heterocycles. The van der Waals surface area contributed by atoms with Gasteiger partial charge in [-0.2, -0.15) is 0 Å². The lowest BCUT2D eigenvalue weighted by atomic mass is 10.0. The van der Waals surface area contributed by atoms with Crippen molar-refractivity contribution in [2.45, 2.75) is 206 Å². The first-order chi connectivity index (χ1) is 21.3. The lowest BCUT2D eigenvalue weighted by molar-refractivity contribution is -0.870. The van der Waals surface area contributed by atoms with E-state index in [1.54, 1.807) is 0 Å². The highest BCUT2D eigenvalue weighted by atomic mass is 31.1. The molecule has 0 radical (unpaired) electrons. The van der Waals surface area contributed by atoms with Crippen molar-refractivity contribution in [1.29, 1.82) is 0 Å². The van der Waals surface area contributed by atoms with Gasteiger partial charge in [-0.25, -0.2) is 0 Å². The van der Waals surface area contributed by atoms with Crippen molar-refractivity contribution < 1.29 is 18.6 Å². The Balaban J connectivity index is 3.22. The van der Waals surface area contributed by atoms with Crippen molar-refractivity contribution in [1.82, 2.24) is 0 Å². The molecule has 0 unspecified atom stereocenters. The zero-order chi connectivity index (χ0) is 32.4. The van der Waals surface area contributed by atoms with E-state index >= 15 is 0 Å². The zero-order valence-corrected chi connectivity index (χ0v) is 31.3. The van der Waals surface area contributed by atoms with Crippen LogP contribution < -0.4 is 0 Å². The number of likely N-dealkylation sites (N-methyl/N-ethyl adjacent to an activating group) is 1. The van der Waals surface area contributed by atoms with Crippen molar-refractivity contribution in [3.8, 4) is 0 Å². The summed E-state index contributed by atoms with van der Waals surface area (Å²) in [5.74, 6) is 0.506.